The van der Waals surface area contributed by atoms with E-state index in [9.17, 15) is 5.11 Å². The molecule has 11 heavy (non-hydrogen) atoms. The first-order valence-electron chi connectivity index (χ1n) is 4.31. The van der Waals surface area contributed by atoms with Crippen LogP contribution in [0, 0.1) is 0 Å². The molecule has 0 rings (SSSR count). The van der Waals surface area contributed by atoms with Crippen LogP contribution < -0.4 is 5.32 Å². The third-order valence-corrected chi connectivity index (χ3v) is 1.51. The molecule has 0 fully saturated rings. The Balaban J connectivity index is 2.97. The summed E-state index contributed by atoms with van der Waals surface area (Å²) in [6.07, 6.45) is 2.41. The number of hydrogen-bond donors (Lipinski definition) is 3. The molecule has 0 aliphatic rings. The summed E-state index contributed by atoms with van der Waals surface area (Å²) in [5, 5.41) is 20.7. The van der Waals surface area contributed by atoms with Crippen LogP contribution in [0.1, 0.15) is 26.2 Å². The molecule has 0 spiro atoms. The van der Waals surface area contributed by atoms with Gasteiger partial charge in [0, 0.05) is 13.2 Å². The molecular weight excluding hydrogens is 142 g/mol. The van der Waals surface area contributed by atoms with Crippen molar-refractivity contribution in [2.75, 3.05) is 19.7 Å². The summed E-state index contributed by atoms with van der Waals surface area (Å²) in [5.41, 5.74) is 0. The maximum atomic E-state index is 9.22. The van der Waals surface area contributed by atoms with Gasteiger partial charge in [0.05, 0.1) is 6.10 Å². The summed E-state index contributed by atoms with van der Waals surface area (Å²) in [4.78, 5) is 0. The van der Waals surface area contributed by atoms with Gasteiger partial charge in [0.1, 0.15) is 0 Å². The highest BCUT2D eigenvalue weighted by molar-refractivity contribution is 4.57. The quantitative estimate of drug-likeness (QED) is 0.465. The van der Waals surface area contributed by atoms with Gasteiger partial charge in [-0.2, -0.15) is 0 Å². The second kappa shape index (κ2) is 7.98. The summed E-state index contributed by atoms with van der Waals surface area (Å²) in [5.74, 6) is 0. The van der Waals surface area contributed by atoms with E-state index >= 15 is 0 Å². The van der Waals surface area contributed by atoms with Crippen molar-refractivity contribution >= 4 is 0 Å². The third kappa shape index (κ3) is 7.78. The molecule has 0 aliphatic carbocycles. The fraction of sp³-hybridized carbons (Fsp3) is 1.00. The Morgan fingerprint density at radius 2 is 2.18 bits per heavy atom. The second-order valence-electron chi connectivity index (χ2n) is 2.72. The Morgan fingerprint density at radius 1 is 1.45 bits per heavy atom. The number of rotatable bonds is 7. The van der Waals surface area contributed by atoms with E-state index in [1.54, 1.807) is 0 Å². The van der Waals surface area contributed by atoms with Gasteiger partial charge in [-0.25, -0.2) is 0 Å². The lowest BCUT2D eigenvalue weighted by Crippen LogP contribution is -2.27. The normalized spacial score (nSPS) is 13.4. The summed E-state index contributed by atoms with van der Waals surface area (Å²) >= 11 is 0. The highest BCUT2D eigenvalue weighted by Gasteiger charge is 1.99. The van der Waals surface area contributed by atoms with Gasteiger partial charge in [0.15, 0.2) is 0 Å². The zero-order valence-corrected chi connectivity index (χ0v) is 7.21. The van der Waals surface area contributed by atoms with Gasteiger partial charge >= 0.3 is 0 Å². The number of aliphatic hydroxyl groups is 2. The SMILES string of the molecule is CCCC(O)CNCCCO. The molecule has 0 aromatic rings. The highest BCUT2D eigenvalue weighted by Crippen LogP contribution is 1.93. The minimum Gasteiger partial charge on any atom is -0.396 e. The van der Waals surface area contributed by atoms with E-state index < -0.39 is 0 Å². The van der Waals surface area contributed by atoms with Gasteiger partial charge in [0.2, 0.25) is 0 Å². The van der Waals surface area contributed by atoms with Gasteiger partial charge in [-0.15, -0.1) is 0 Å². The first-order valence-corrected chi connectivity index (χ1v) is 4.31. The second-order valence-corrected chi connectivity index (χ2v) is 2.72. The van der Waals surface area contributed by atoms with E-state index in [2.05, 4.69) is 12.2 Å². The van der Waals surface area contributed by atoms with E-state index in [1.807, 2.05) is 0 Å². The van der Waals surface area contributed by atoms with Crippen molar-refractivity contribution in [3.05, 3.63) is 0 Å². The van der Waals surface area contributed by atoms with Gasteiger partial charge < -0.3 is 15.5 Å². The van der Waals surface area contributed by atoms with E-state index in [4.69, 9.17) is 5.11 Å². The average molecular weight is 161 g/mol. The molecule has 0 heterocycles. The summed E-state index contributed by atoms with van der Waals surface area (Å²) in [6, 6.07) is 0. The van der Waals surface area contributed by atoms with E-state index in [0.717, 1.165) is 25.8 Å². The van der Waals surface area contributed by atoms with Crippen LogP contribution in [0.15, 0.2) is 0 Å². The van der Waals surface area contributed by atoms with Crippen molar-refractivity contribution in [2.24, 2.45) is 0 Å². The largest absolute Gasteiger partial charge is 0.396 e. The zero-order chi connectivity index (χ0) is 8.53. The van der Waals surface area contributed by atoms with E-state index in [1.165, 1.54) is 0 Å². The van der Waals surface area contributed by atoms with Crippen molar-refractivity contribution in [3.8, 4) is 0 Å². The van der Waals surface area contributed by atoms with Crippen molar-refractivity contribution < 1.29 is 10.2 Å². The summed E-state index contributed by atoms with van der Waals surface area (Å²) < 4.78 is 0. The highest BCUT2D eigenvalue weighted by atomic mass is 16.3. The Morgan fingerprint density at radius 3 is 2.73 bits per heavy atom. The van der Waals surface area contributed by atoms with Gasteiger partial charge in [-0.1, -0.05) is 13.3 Å². The zero-order valence-electron chi connectivity index (χ0n) is 7.21. The first-order chi connectivity index (χ1) is 5.31. The van der Waals surface area contributed by atoms with Crippen LogP contribution in [0.25, 0.3) is 0 Å². The Labute approximate surface area is 68.4 Å². The fourth-order valence-corrected chi connectivity index (χ4v) is 0.908. The Hall–Kier alpha value is -0.120. The first kappa shape index (κ1) is 10.9. The van der Waals surface area contributed by atoms with Gasteiger partial charge in [-0.3, -0.25) is 0 Å². The van der Waals surface area contributed by atoms with Crippen molar-refractivity contribution in [1.82, 2.24) is 5.32 Å². The number of nitrogens with one attached hydrogen (secondary N) is 1. The summed E-state index contributed by atoms with van der Waals surface area (Å²) in [6.45, 7) is 3.71. The van der Waals surface area contributed by atoms with Crippen LogP contribution in [0.5, 0.6) is 0 Å². The molecule has 0 saturated carbocycles. The molecule has 0 aromatic carbocycles. The monoisotopic (exact) mass is 161 g/mol. The van der Waals surface area contributed by atoms with E-state index in [0.29, 0.717) is 6.54 Å². The predicted octanol–water partition coefficient (Wildman–Crippen LogP) is 0.119. The standard InChI is InChI=1S/C8H19NO2/c1-2-4-8(11)7-9-5-3-6-10/h8-11H,2-7H2,1H3. The lowest BCUT2D eigenvalue weighted by atomic mass is 10.2. The van der Waals surface area contributed by atoms with Gasteiger partial charge in [-0.05, 0) is 19.4 Å². The topological polar surface area (TPSA) is 52.5 Å². The molecule has 0 radical (unpaired) electrons. The van der Waals surface area contributed by atoms with Crippen LogP contribution in [-0.2, 0) is 0 Å². The molecule has 1 unspecified atom stereocenters. The predicted molar refractivity (Wildman–Crippen MR) is 45.5 cm³/mol. The molecule has 3 heteroatoms. The molecule has 0 bridgehead atoms. The molecule has 0 amide bonds. The van der Waals surface area contributed by atoms with Crippen molar-refractivity contribution in [1.29, 1.82) is 0 Å². The molecule has 0 aromatic heterocycles. The maximum Gasteiger partial charge on any atom is 0.0664 e. The van der Waals surface area contributed by atoms with Crippen LogP contribution in [-0.4, -0.2) is 36.0 Å². The van der Waals surface area contributed by atoms with E-state index in [-0.39, 0.29) is 12.7 Å². The molecule has 1 atom stereocenters. The molecular formula is C8H19NO2. The molecule has 68 valence electrons. The fourth-order valence-electron chi connectivity index (χ4n) is 0.908. The number of aliphatic hydroxyl groups excluding tert-OH is 2. The molecule has 0 aliphatic heterocycles. The van der Waals surface area contributed by atoms with Gasteiger partial charge in [0.25, 0.3) is 0 Å². The lowest BCUT2D eigenvalue weighted by molar-refractivity contribution is 0.159. The minimum absolute atomic E-state index is 0.219. The van der Waals surface area contributed by atoms with Crippen LogP contribution in [0.4, 0.5) is 0 Å². The van der Waals surface area contributed by atoms with Crippen LogP contribution in [0.2, 0.25) is 0 Å². The summed E-state index contributed by atoms with van der Waals surface area (Å²) in [7, 11) is 0. The maximum absolute atomic E-state index is 9.22. The molecule has 3 N–H and O–H groups in total. The average Bonchev–Trinajstić information content (AvgIpc) is 1.99. The van der Waals surface area contributed by atoms with Crippen LogP contribution >= 0.6 is 0 Å². The Bertz CT molecular complexity index is 78.5. The number of hydrogen-bond acceptors (Lipinski definition) is 3. The third-order valence-electron chi connectivity index (χ3n) is 1.51. The van der Waals surface area contributed by atoms with Crippen molar-refractivity contribution in [2.45, 2.75) is 32.3 Å². The molecule has 0 saturated heterocycles. The lowest BCUT2D eigenvalue weighted by Gasteiger charge is -2.09. The van der Waals surface area contributed by atoms with Crippen molar-refractivity contribution in [3.63, 3.8) is 0 Å². The smallest absolute Gasteiger partial charge is 0.0664 e. The van der Waals surface area contributed by atoms with Crippen LogP contribution in [0.3, 0.4) is 0 Å². The Kier molecular flexibility index (Phi) is 7.89. The molecule has 3 nitrogen and oxygen atoms in total. The minimum atomic E-state index is -0.223.